The van der Waals surface area contributed by atoms with Crippen molar-refractivity contribution in [3.8, 4) is 17.1 Å². The molecule has 104 heavy (non-hydrogen) atoms. The van der Waals surface area contributed by atoms with E-state index in [0.717, 1.165) is 34.2 Å². The second kappa shape index (κ2) is 39.1. The van der Waals surface area contributed by atoms with Crippen molar-refractivity contribution in [1.29, 1.82) is 0 Å². The van der Waals surface area contributed by atoms with Gasteiger partial charge in [-0.3, -0.25) is 37.7 Å². The van der Waals surface area contributed by atoms with Gasteiger partial charge < -0.3 is 46.1 Å². The molecule has 0 saturated carbocycles. The van der Waals surface area contributed by atoms with Crippen molar-refractivity contribution in [2.45, 2.75) is 85.0 Å². The van der Waals surface area contributed by atoms with Gasteiger partial charge in [-0.15, -0.1) is 0 Å². The Bertz CT molecular complexity index is 4940. The lowest BCUT2D eigenvalue weighted by Crippen LogP contribution is -2.42. The van der Waals surface area contributed by atoms with Gasteiger partial charge in [-0.1, -0.05) is 60.7 Å². The third-order valence-electron chi connectivity index (χ3n) is 15.6. The molecule has 0 aliphatic rings. The van der Waals surface area contributed by atoms with Crippen molar-refractivity contribution < 1.29 is 52.6 Å². The second-order valence-electron chi connectivity index (χ2n) is 23.3. The number of hydrogen-bond acceptors (Lipinski definition) is 16. The van der Waals surface area contributed by atoms with E-state index < -0.39 is 49.9 Å². The van der Waals surface area contributed by atoms with E-state index in [0.29, 0.717) is 73.7 Å². The quantitative estimate of drug-likeness (QED) is 0.0116. The van der Waals surface area contributed by atoms with Gasteiger partial charge >= 0.3 is 32.2 Å². The number of anilines is 1. The molecule has 0 aliphatic carbocycles. The van der Waals surface area contributed by atoms with Gasteiger partial charge in [-0.05, 0) is 267 Å². The standard InChI is InChI=1S/C29H27F3IN3O3.C17H17BIN3O2.C16H13ClIN3O.C7H7NO2.C4H10BNO3/c1-3-39-17-16-35(26(37)18-20-8-10-21(11-9-20)29(30,31)32)19(2)27-34-25-7-5-4-6-24(25)28(38)36(27)23-14-12-22(33)13-15-23;1-11(21-18(2)24)16-20-15-6-4-3-5-14(15)17(23)22(16)13-9-7-12(19)8-10-13;1-10(20-17)15-19-14-5-3-2-4-13(14)16(22)21(15)12-8-6-11(18)7-9-12;8-6-4-2-1-3-5(6)7(9)10;1-3(4(7)8)6-5(2)9/h4-15,19H,3,16-18H2,1-2H3;3-11,21,24H,1-2H3;2-10,20H,1H3;1-4H,8H2,(H,9,10);3,6,9H,1-2H3,(H,7,8)/t19-;11-;10-;;3-/m111.1/s1. The van der Waals surface area contributed by atoms with Crippen LogP contribution in [0.1, 0.15) is 91.7 Å². The summed E-state index contributed by atoms with van der Waals surface area (Å²) in [5.41, 5.74) is 8.97. The summed E-state index contributed by atoms with van der Waals surface area (Å²) >= 11 is 12.4. The summed E-state index contributed by atoms with van der Waals surface area (Å²) in [5, 5.41) is 42.0. The molecule has 31 heteroatoms. The number of aromatic carboxylic acids is 1. The smallest absolute Gasteiger partial charge is 0.416 e. The first-order valence-corrected chi connectivity index (χ1v) is 36.0. The van der Waals surface area contributed by atoms with Gasteiger partial charge in [0.15, 0.2) is 0 Å². The maximum atomic E-state index is 13.7. The van der Waals surface area contributed by atoms with Crippen molar-refractivity contribution in [2.24, 2.45) is 0 Å². The van der Waals surface area contributed by atoms with Gasteiger partial charge in [0.25, 0.3) is 16.7 Å². The third-order valence-corrected chi connectivity index (χ3v) is 18.1. The number of carbonyl (C=O) groups is 3. The highest BCUT2D eigenvalue weighted by Crippen LogP contribution is 2.30. The van der Waals surface area contributed by atoms with Crippen LogP contribution in [0.3, 0.4) is 0 Å². The molecule has 3 heterocycles. The number of ether oxygens (including phenoxy) is 1. The maximum Gasteiger partial charge on any atom is 0.416 e. The predicted octanol–water partition coefficient (Wildman–Crippen LogP) is 12.9. The molecule has 1 amide bonds. The third kappa shape index (κ3) is 22.5. The summed E-state index contributed by atoms with van der Waals surface area (Å²) in [4.78, 5) is 92.0. The van der Waals surface area contributed by atoms with Crippen LogP contribution in [0, 0.1) is 10.7 Å². The minimum absolute atomic E-state index is 0.0967. The molecule has 0 unspecified atom stereocenters. The topological polar surface area (TPSA) is 311 Å². The first kappa shape index (κ1) is 82.8. The summed E-state index contributed by atoms with van der Waals surface area (Å²) in [6.07, 6.45) is -4.57. The number of carbonyl (C=O) groups excluding carboxylic acids is 1. The Kier molecular flexibility index (Phi) is 31.1. The SMILES string of the molecule is CB(O)N[C@H](C)C(=O)O.CB(O)N[C@H](C)c1nc2ccccc2c(=O)n1-c1ccc(I)cc1.CCOCCN(C(=O)Cc1ccc(C(F)(F)F)cc1)[C@H](C)c1nc2ccccc2c(=O)n1-c1ccc(I)cc1.C[C@@H](NCl)c1nc2ccccc2c(=O)n1-c1ccc(I)cc1.Nc1ccccc1C(=O)O. The molecule has 0 spiro atoms. The fourth-order valence-electron chi connectivity index (χ4n) is 10.5. The number of nitrogen functional groups attached to an aromatic ring is 1. The monoisotopic (exact) mass is 1780 g/mol. The average Bonchev–Trinajstić information content (AvgIpc) is 0.781. The molecule has 11 aromatic rings. The van der Waals surface area contributed by atoms with E-state index in [1.807, 2.05) is 130 Å². The molecule has 542 valence electrons. The highest BCUT2D eigenvalue weighted by atomic mass is 127. The molecule has 0 saturated heterocycles. The van der Waals surface area contributed by atoms with Crippen LogP contribution in [0.5, 0.6) is 0 Å². The van der Waals surface area contributed by atoms with Crippen LogP contribution in [-0.4, -0.2) is 112 Å². The minimum Gasteiger partial charge on any atom is -0.480 e. The van der Waals surface area contributed by atoms with Crippen LogP contribution in [0.15, 0.2) is 209 Å². The molecule has 11 rings (SSSR count). The Balaban J connectivity index is 0.000000200. The van der Waals surface area contributed by atoms with Crippen LogP contribution in [0.25, 0.3) is 49.8 Å². The van der Waals surface area contributed by atoms with Crippen molar-refractivity contribution in [1.82, 2.24) is 48.8 Å². The summed E-state index contributed by atoms with van der Waals surface area (Å²) in [6, 6.07) is 53.5. The minimum atomic E-state index is -4.46. The van der Waals surface area contributed by atoms with Crippen LogP contribution in [0.2, 0.25) is 13.6 Å². The van der Waals surface area contributed by atoms with Crippen LogP contribution in [0.4, 0.5) is 18.9 Å². The van der Waals surface area contributed by atoms with E-state index in [-0.39, 0.29) is 59.8 Å². The lowest BCUT2D eigenvalue weighted by atomic mass is 9.87. The van der Waals surface area contributed by atoms with Crippen molar-refractivity contribution >= 4 is 150 Å². The first-order valence-electron chi connectivity index (χ1n) is 32.4. The highest BCUT2D eigenvalue weighted by molar-refractivity contribution is 14.1. The molecule has 0 aliphatic heterocycles. The highest BCUT2D eigenvalue weighted by Gasteiger charge is 2.31. The van der Waals surface area contributed by atoms with E-state index in [1.165, 1.54) is 36.5 Å². The molecule has 9 N–H and O–H groups in total. The number of benzene rings is 8. The van der Waals surface area contributed by atoms with Gasteiger partial charge in [0.1, 0.15) is 17.5 Å². The normalized spacial score (nSPS) is 12.2. The number of alkyl halides is 3. The van der Waals surface area contributed by atoms with Gasteiger partial charge in [0.05, 0.1) is 98.1 Å². The Morgan fingerprint density at radius 1 is 0.577 bits per heavy atom. The van der Waals surface area contributed by atoms with E-state index in [2.05, 4.69) is 93.0 Å². The van der Waals surface area contributed by atoms with Crippen molar-refractivity contribution in [2.75, 3.05) is 25.5 Å². The number of hydrogen-bond donors (Lipinski definition) is 8. The first-order chi connectivity index (χ1) is 49.4. The number of para-hydroxylation sites is 4. The van der Waals surface area contributed by atoms with Gasteiger partial charge in [-0.25, -0.2) is 24.6 Å². The van der Waals surface area contributed by atoms with E-state index in [9.17, 15) is 47.0 Å². The molecule has 0 bridgehead atoms. The average molecular weight is 1780 g/mol. The summed E-state index contributed by atoms with van der Waals surface area (Å²) in [7, 11) is -1.47. The fourth-order valence-corrected chi connectivity index (χ4v) is 11.7. The van der Waals surface area contributed by atoms with Crippen molar-refractivity contribution in [3.63, 3.8) is 0 Å². The van der Waals surface area contributed by atoms with E-state index >= 15 is 0 Å². The lowest BCUT2D eigenvalue weighted by molar-refractivity contribution is -0.139. The number of amides is 1. The van der Waals surface area contributed by atoms with Crippen LogP contribution < -0.4 is 37.7 Å². The largest absolute Gasteiger partial charge is 0.480 e. The zero-order valence-corrected chi connectivity index (χ0v) is 64.5. The molecular weight excluding hydrogens is 1700 g/mol. The molecule has 3 aromatic heterocycles. The van der Waals surface area contributed by atoms with Gasteiger partial charge in [0.2, 0.25) is 5.91 Å². The Morgan fingerprint density at radius 2 is 0.962 bits per heavy atom. The lowest BCUT2D eigenvalue weighted by Gasteiger charge is -2.30. The number of halogens is 7. The number of nitrogens with zero attached hydrogens (tertiary/aromatic N) is 7. The molecule has 4 atom stereocenters. The number of rotatable bonds is 20. The Hall–Kier alpha value is -8.45. The van der Waals surface area contributed by atoms with Crippen LogP contribution >= 0.6 is 79.5 Å². The number of carboxylic acid groups (broad SMARTS) is 2. The van der Waals surface area contributed by atoms with Crippen LogP contribution in [-0.2, 0) is 26.9 Å². The fraction of sp³-hybridized carbons (Fsp3) is 0.219. The molecule has 8 aromatic carbocycles. The molecular formula is C73H74B2ClF3I3N11O11. The predicted molar refractivity (Wildman–Crippen MR) is 427 cm³/mol. The Labute approximate surface area is 643 Å². The number of fused-ring (bicyclic) bond motifs is 3. The molecule has 0 radical (unpaired) electrons. The molecule has 22 nitrogen and oxygen atoms in total. The second-order valence-corrected chi connectivity index (χ2v) is 27.3. The van der Waals surface area contributed by atoms with Gasteiger partial charge in [0, 0.05) is 29.5 Å². The zero-order valence-electron chi connectivity index (χ0n) is 57.3. The number of aliphatic carboxylic acids is 1. The van der Waals surface area contributed by atoms with E-state index in [4.69, 9.17) is 42.5 Å². The van der Waals surface area contributed by atoms with Gasteiger partial charge in [-0.2, -0.15) is 13.2 Å². The number of nitrogens with one attached hydrogen (secondary N) is 3. The number of carboxylic acids is 2. The summed E-state index contributed by atoms with van der Waals surface area (Å²) in [6.45, 7) is 12.9. The Morgan fingerprint density at radius 3 is 1.32 bits per heavy atom. The summed E-state index contributed by atoms with van der Waals surface area (Å²) < 4.78 is 52.4. The number of nitrogens with two attached hydrogens (primary N) is 1. The molecule has 0 fully saturated rings. The summed E-state index contributed by atoms with van der Waals surface area (Å²) in [5.74, 6) is -0.745. The zero-order chi connectivity index (χ0) is 76.1. The maximum absolute atomic E-state index is 13.7. The number of aromatic nitrogens is 6. The van der Waals surface area contributed by atoms with Crippen molar-refractivity contribution in [3.05, 3.63) is 270 Å². The van der Waals surface area contributed by atoms with E-state index in [1.54, 1.807) is 82.4 Å².